The summed E-state index contributed by atoms with van der Waals surface area (Å²) in [7, 11) is 0. The first-order valence-electron chi connectivity index (χ1n) is 9.77. The van der Waals surface area contributed by atoms with Crippen LogP contribution in [0.5, 0.6) is 0 Å². The largest absolute Gasteiger partial charge is 0.481 e. The minimum Gasteiger partial charge on any atom is -0.481 e. The maximum absolute atomic E-state index is 13.4. The predicted molar refractivity (Wildman–Crippen MR) is 90.6 cm³/mol. The third-order valence-electron chi connectivity index (χ3n) is 6.95. The van der Waals surface area contributed by atoms with Gasteiger partial charge in [-0.15, -0.1) is 0 Å². The van der Waals surface area contributed by atoms with Crippen molar-refractivity contribution in [3.63, 3.8) is 0 Å². The number of rotatable bonds is 5. The highest BCUT2D eigenvalue weighted by molar-refractivity contribution is 5.91. The highest BCUT2D eigenvalue weighted by Gasteiger charge is 2.56. The summed E-state index contributed by atoms with van der Waals surface area (Å²) in [5, 5.41) is 11.4. The van der Waals surface area contributed by atoms with Gasteiger partial charge in [0.2, 0.25) is 11.8 Å². The molecule has 0 aromatic rings. The van der Waals surface area contributed by atoms with Crippen LogP contribution in [-0.2, 0) is 14.4 Å². The first-order chi connectivity index (χ1) is 12.0. The van der Waals surface area contributed by atoms with E-state index >= 15 is 0 Å². The quantitative estimate of drug-likeness (QED) is 0.793. The summed E-state index contributed by atoms with van der Waals surface area (Å²) < 4.78 is 0. The Morgan fingerprint density at radius 3 is 2.20 bits per heavy atom. The zero-order valence-corrected chi connectivity index (χ0v) is 14.7. The Balaban J connectivity index is 1.44. The molecule has 1 unspecified atom stereocenters. The molecule has 5 aliphatic rings. The van der Waals surface area contributed by atoms with Gasteiger partial charge in [-0.1, -0.05) is 0 Å². The van der Waals surface area contributed by atoms with E-state index in [-0.39, 0.29) is 30.2 Å². The molecule has 4 saturated carbocycles. The van der Waals surface area contributed by atoms with Gasteiger partial charge in [-0.25, -0.2) is 0 Å². The average molecular weight is 348 g/mol. The number of aliphatic carboxylic acids is 1. The van der Waals surface area contributed by atoms with Crippen molar-refractivity contribution in [2.45, 2.75) is 63.8 Å². The maximum Gasteiger partial charge on any atom is 0.305 e. The van der Waals surface area contributed by atoms with Crippen molar-refractivity contribution < 1.29 is 19.5 Å². The molecule has 1 atom stereocenters. The molecule has 1 aliphatic heterocycles. The topological polar surface area (TPSA) is 86.7 Å². The number of amides is 2. The standard InChI is InChI=1S/C19H28N2O4/c22-16(23)3-4-20-17(24)15-2-1-5-21(15)18(25)19-9-12-6-13(10-19)8-14(7-12)11-19/h12-15H,1-11H2,(H,20,24)(H,22,23). The number of hydrogen-bond acceptors (Lipinski definition) is 3. The van der Waals surface area contributed by atoms with E-state index in [1.165, 1.54) is 19.3 Å². The molecule has 2 N–H and O–H groups in total. The zero-order chi connectivity index (χ0) is 17.6. The van der Waals surface area contributed by atoms with Crippen LogP contribution in [0.4, 0.5) is 0 Å². The Morgan fingerprint density at radius 2 is 1.64 bits per heavy atom. The predicted octanol–water partition coefficient (Wildman–Crippen LogP) is 1.78. The van der Waals surface area contributed by atoms with E-state index in [0.717, 1.165) is 25.7 Å². The number of likely N-dealkylation sites (tertiary alicyclic amines) is 1. The Kier molecular flexibility index (Phi) is 4.24. The van der Waals surface area contributed by atoms with Crippen molar-refractivity contribution in [3.05, 3.63) is 0 Å². The minimum absolute atomic E-state index is 0.0820. The van der Waals surface area contributed by atoms with Gasteiger partial charge in [0, 0.05) is 13.1 Å². The molecule has 0 aromatic carbocycles. The molecule has 4 aliphatic carbocycles. The van der Waals surface area contributed by atoms with E-state index in [9.17, 15) is 14.4 Å². The molecule has 5 rings (SSSR count). The van der Waals surface area contributed by atoms with Gasteiger partial charge < -0.3 is 15.3 Å². The molecular weight excluding hydrogens is 320 g/mol. The lowest BCUT2D eigenvalue weighted by molar-refractivity contribution is -0.160. The third kappa shape index (κ3) is 3.04. The van der Waals surface area contributed by atoms with Crippen LogP contribution in [0, 0.1) is 23.2 Å². The van der Waals surface area contributed by atoms with Gasteiger partial charge in [0.15, 0.2) is 0 Å². The first-order valence-corrected chi connectivity index (χ1v) is 9.77. The fraction of sp³-hybridized carbons (Fsp3) is 0.842. The Bertz CT molecular complexity index is 553. The van der Waals surface area contributed by atoms with Crippen LogP contribution in [-0.4, -0.2) is 46.9 Å². The average Bonchev–Trinajstić information content (AvgIpc) is 3.01. The third-order valence-corrected chi connectivity index (χ3v) is 6.95. The van der Waals surface area contributed by atoms with Crippen LogP contribution in [0.2, 0.25) is 0 Å². The van der Waals surface area contributed by atoms with Crippen molar-refractivity contribution in [1.29, 1.82) is 0 Å². The van der Waals surface area contributed by atoms with E-state index < -0.39 is 12.0 Å². The molecule has 0 radical (unpaired) electrons. The van der Waals surface area contributed by atoms with Gasteiger partial charge in [0.1, 0.15) is 6.04 Å². The summed E-state index contributed by atoms with van der Waals surface area (Å²) >= 11 is 0. The molecule has 5 fully saturated rings. The Labute approximate surface area is 148 Å². The Hall–Kier alpha value is -1.59. The van der Waals surface area contributed by atoms with Crippen LogP contribution in [0.1, 0.15) is 57.8 Å². The van der Waals surface area contributed by atoms with E-state index in [1.54, 1.807) is 0 Å². The number of nitrogens with zero attached hydrogens (tertiary/aromatic N) is 1. The summed E-state index contributed by atoms with van der Waals surface area (Å²) in [6, 6.07) is -0.408. The second-order valence-corrected chi connectivity index (χ2v) is 8.79. The second kappa shape index (κ2) is 6.29. The van der Waals surface area contributed by atoms with Crippen LogP contribution in [0.25, 0.3) is 0 Å². The van der Waals surface area contributed by atoms with Gasteiger partial charge in [-0.05, 0) is 69.1 Å². The number of carbonyl (C=O) groups excluding carboxylic acids is 2. The molecule has 6 heteroatoms. The van der Waals surface area contributed by atoms with Crippen LogP contribution >= 0.6 is 0 Å². The van der Waals surface area contributed by atoms with Gasteiger partial charge in [-0.2, -0.15) is 0 Å². The lowest BCUT2D eigenvalue weighted by Crippen LogP contribution is -2.57. The molecule has 1 heterocycles. The van der Waals surface area contributed by atoms with E-state index in [4.69, 9.17) is 5.11 Å². The highest BCUT2D eigenvalue weighted by Crippen LogP contribution is 2.60. The molecule has 25 heavy (non-hydrogen) atoms. The van der Waals surface area contributed by atoms with Crippen molar-refractivity contribution >= 4 is 17.8 Å². The highest BCUT2D eigenvalue weighted by atomic mass is 16.4. The molecule has 6 nitrogen and oxygen atoms in total. The summed E-state index contributed by atoms with van der Waals surface area (Å²) in [4.78, 5) is 38.4. The van der Waals surface area contributed by atoms with Crippen LogP contribution in [0.15, 0.2) is 0 Å². The lowest BCUT2D eigenvalue weighted by atomic mass is 9.49. The maximum atomic E-state index is 13.4. The van der Waals surface area contributed by atoms with Gasteiger partial charge in [-0.3, -0.25) is 14.4 Å². The van der Waals surface area contributed by atoms with Gasteiger partial charge in [0.25, 0.3) is 0 Å². The zero-order valence-electron chi connectivity index (χ0n) is 14.7. The smallest absolute Gasteiger partial charge is 0.305 e. The fourth-order valence-electron chi connectivity index (χ4n) is 6.37. The molecular formula is C19H28N2O4. The lowest BCUT2D eigenvalue weighted by Gasteiger charge is -2.56. The molecule has 2 amide bonds. The second-order valence-electron chi connectivity index (χ2n) is 8.79. The Morgan fingerprint density at radius 1 is 1.04 bits per heavy atom. The summed E-state index contributed by atoms with van der Waals surface area (Å²) in [5.74, 6) is 1.23. The van der Waals surface area contributed by atoms with Crippen molar-refractivity contribution in [1.82, 2.24) is 10.2 Å². The fourth-order valence-corrected chi connectivity index (χ4v) is 6.37. The van der Waals surface area contributed by atoms with Crippen molar-refractivity contribution in [2.75, 3.05) is 13.1 Å². The van der Waals surface area contributed by atoms with E-state index in [0.29, 0.717) is 30.7 Å². The normalized spacial score (nSPS) is 38.8. The summed E-state index contributed by atoms with van der Waals surface area (Å²) in [6.45, 7) is 0.793. The van der Waals surface area contributed by atoms with Crippen LogP contribution in [0.3, 0.4) is 0 Å². The first kappa shape index (κ1) is 16.9. The number of carbonyl (C=O) groups is 3. The summed E-state index contributed by atoms with van der Waals surface area (Å²) in [5.41, 5.74) is -0.210. The molecule has 4 bridgehead atoms. The SMILES string of the molecule is O=C(O)CCNC(=O)C1CCCN1C(=O)C12CC3CC(CC(C3)C1)C2. The van der Waals surface area contributed by atoms with Crippen molar-refractivity contribution in [2.24, 2.45) is 23.2 Å². The minimum atomic E-state index is -0.923. The van der Waals surface area contributed by atoms with E-state index in [2.05, 4.69) is 5.32 Å². The summed E-state index contributed by atoms with van der Waals surface area (Å²) in [6.07, 6.45) is 8.40. The van der Waals surface area contributed by atoms with Gasteiger partial charge >= 0.3 is 5.97 Å². The number of carboxylic acid groups (broad SMARTS) is 1. The molecule has 0 spiro atoms. The number of nitrogens with one attached hydrogen (secondary N) is 1. The molecule has 1 saturated heterocycles. The monoisotopic (exact) mass is 348 g/mol. The number of hydrogen-bond donors (Lipinski definition) is 2. The van der Waals surface area contributed by atoms with Crippen molar-refractivity contribution in [3.8, 4) is 0 Å². The van der Waals surface area contributed by atoms with Crippen LogP contribution < -0.4 is 5.32 Å². The number of carboxylic acids is 1. The molecule has 0 aromatic heterocycles. The van der Waals surface area contributed by atoms with Gasteiger partial charge in [0.05, 0.1) is 11.8 Å². The molecule has 138 valence electrons. The van der Waals surface area contributed by atoms with E-state index in [1.807, 2.05) is 4.90 Å².